The highest BCUT2D eigenvalue weighted by Crippen LogP contribution is 2.38. The molecule has 0 aromatic carbocycles. The fourth-order valence-electron chi connectivity index (χ4n) is 2.15. The van der Waals surface area contributed by atoms with Crippen LogP contribution >= 0.6 is 15.9 Å². The van der Waals surface area contributed by atoms with E-state index >= 15 is 0 Å². The molecule has 0 spiro atoms. The van der Waals surface area contributed by atoms with Crippen molar-refractivity contribution in [3.8, 4) is 0 Å². The van der Waals surface area contributed by atoms with E-state index in [1.807, 2.05) is 0 Å². The van der Waals surface area contributed by atoms with Crippen molar-refractivity contribution in [2.24, 2.45) is 17.7 Å². The van der Waals surface area contributed by atoms with Crippen LogP contribution in [0.5, 0.6) is 0 Å². The molecule has 0 aliphatic heterocycles. The lowest BCUT2D eigenvalue weighted by atomic mass is 10.3. The summed E-state index contributed by atoms with van der Waals surface area (Å²) >= 11 is 3.55. The van der Waals surface area contributed by atoms with E-state index in [0.717, 1.165) is 35.2 Å². The molecule has 3 rings (SSSR count). The molecule has 0 amide bonds. The van der Waals surface area contributed by atoms with Gasteiger partial charge in [0.05, 0.1) is 0 Å². The van der Waals surface area contributed by atoms with Crippen LogP contribution in [-0.4, -0.2) is 23.1 Å². The Kier molecular flexibility index (Phi) is 3.39. The van der Waals surface area contributed by atoms with Crippen molar-refractivity contribution in [3.63, 3.8) is 0 Å². The Hall–Kier alpha value is -0.880. The summed E-state index contributed by atoms with van der Waals surface area (Å²) in [5, 5.41) is 0. The number of halogens is 1. The summed E-state index contributed by atoms with van der Waals surface area (Å²) in [6.45, 7) is 2.21. The molecule has 2 saturated carbocycles. The second kappa shape index (κ2) is 5.01. The quantitative estimate of drug-likeness (QED) is 0.622. The van der Waals surface area contributed by atoms with Crippen LogP contribution in [0.4, 0.5) is 11.6 Å². The van der Waals surface area contributed by atoms with Crippen LogP contribution in [0.15, 0.2) is 10.8 Å². The van der Waals surface area contributed by atoms with Gasteiger partial charge < -0.3 is 10.3 Å². The van der Waals surface area contributed by atoms with Gasteiger partial charge in [-0.3, -0.25) is 0 Å². The lowest BCUT2D eigenvalue weighted by Crippen LogP contribution is -2.29. The first-order valence-electron chi connectivity index (χ1n) is 6.50. The van der Waals surface area contributed by atoms with Crippen molar-refractivity contribution < 1.29 is 0 Å². The molecule has 2 aliphatic carbocycles. The van der Waals surface area contributed by atoms with Gasteiger partial charge in [-0.05, 0) is 53.4 Å². The lowest BCUT2D eigenvalue weighted by molar-refractivity contribution is 0.669. The molecule has 3 N–H and O–H groups in total. The first kappa shape index (κ1) is 12.2. The monoisotopic (exact) mass is 311 g/mol. The van der Waals surface area contributed by atoms with Gasteiger partial charge in [-0.25, -0.2) is 15.8 Å². The van der Waals surface area contributed by atoms with Crippen molar-refractivity contribution in [1.29, 1.82) is 0 Å². The van der Waals surface area contributed by atoms with Gasteiger partial charge in [0.15, 0.2) is 5.82 Å². The molecule has 2 fully saturated rings. The van der Waals surface area contributed by atoms with Crippen LogP contribution < -0.4 is 16.2 Å². The van der Waals surface area contributed by atoms with Gasteiger partial charge in [0.25, 0.3) is 0 Å². The molecule has 1 aromatic rings. The van der Waals surface area contributed by atoms with E-state index < -0.39 is 0 Å². The third kappa shape index (κ3) is 2.75. The number of rotatable bonds is 6. The Morgan fingerprint density at radius 2 is 1.83 bits per heavy atom. The molecule has 2 aliphatic rings. The lowest BCUT2D eigenvalue weighted by Gasteiger charge is -2.25. The number of anilines is 2. The van der Waals surface area contributed by atoms with Gasteiger partial charge in [-0.15, -0.1) is 0 Å². The highest BCUT2D eigenvalue weighted by Gasteiger charge is 2.31. The van der Waals surface area contributed by atoms with E-state index in [2.05, 4.69) is 36.2 Å². The zero-order chi connectivity index (χ0) is 12.5. The number of nitrogens with zero attached hydrogens (tertiary/aromatic N) is 3. The highest BCUT2D eigenvalue weighted by molar-refractivity contribution is 9.10. The van der Waals surface area contributed by atoms with Gasteiger partial charge in [0, 0.05) is 13.1 Å². The number of hydrogen-bond donors (Lipinski definition) is 2. The summed E-state index contributed by atoms with van der Waals surface area (Å²) in [5.74, 6) is 8.77. The molecule has 0 saturated heterocycles. The van der Waals surface area contributed by atoms with Crippen molar-refractivity contribution in [1.82, 2.24) is 9.97 Å². The minimum absolute atomic E-state index is 0.650. The normalized spacial score (nSPS) is 18.8. The Morgan fingerprint density at radius 1 is 1.22 bits per heavy atom. The first-order chi connectivity index (χ1) is 8.78. The SMILES string of the molecule is NNc1ncnc(N(CC2CC2)CC2CC2)c1Br. The molecule has 18 heavy (non-hydrogen) atoms. The van der Waals surface area contributed by atoms with Crippen molar-refractivity contribution in [3.05, 3.63) is 10.8 Å². The van der Waals surface area contributed by atoms with E-state index in [0.29, 0.717) is 5.82 Å². The second-order valence-corrected chi connectivity index (χ2v) is 6.09. The zero-order valence-corrected chi connectivity index (χ0v) is 11.9. The van der Waals surface area contributed by atoms with Gasteiger partial charge in [-0.2, -0.15) is 0 Å². The Bertz CT molecular complexity index is 416. The Morgan fingerprint density at radius 3 is 2.33 bits per heavy atom. The van der Waals surface area contributed by atoms with Crippen LogP contribution in [0.3, 0.4) is 0 Å². The molecule has 5 nitrogen and oxygen atoms in total. The van der Waals surface area contributed by atoms with Gasteiger partial charge in [0.2, 0.25) is 0 Å². The summed E-state index contributed by atoms with van der Waals surface area (Å²) in [5.41, 5.74) is 2.60. The minimum Gasteiger partial charge on any atom is -0.355 e. The predicted octanol–water partition coefficient (Wildman–Crippen LogP) is 2.15. The fraction of sp³-hybridized carbons (Fsp3) is 0.667. The van der Waals surface area contributed by atoms with Gasteiger partial charge >= 0.3 is 0 Å². The largest absolute Gasteiger partial charge is 0.355 e. The van der Waals surface area contributed by atoms with E-state index in [1.54, 1.807) is 6.33 Å². The summed E-state index contributed by atoms with van der Waals surface area (Å²) in [4.78, 5) is 10.9. The molecule has 1 heterocycles. The number of hydrogen-bond acceptors (Lipinski definition) is 5. The van der Waals surface area contributed by atoms with Crippen LogP contribution in [0.25, 0.3) is 0 Å². The first-order valence-corrected chi connectivity index (χ1v) is 7.29. The van der Waals surface area contributed by atoms with Crippen molar-refractivity contribution in [2.75, 3.05) is 23.4 Å². The molecule has 0 bridgehead atoms. The molecular weight excluding hydrogens is 294 g/mol. The minimum atomic E-state index is 0.650. The fourth-order valence-corrected chi connectivity index (χ4v) is 2.72. The zero-order valence-electron chi connectivity index (χ0n) is 10.3. The van der Waals surface area contributed by atoms with E-state index in [1.165, 1.54) is 25.7 Å². The number of nitrogens with two attached hydrogens (primary N) is 1. The predicted molar refractivity (Wildman–Crippen MR) is 75.2 cm³/mol. The molecule has 0 unspecified atom stereocenters. The summed E-state index contributed by atoms with van der Waals surface area (Å²) in [6.07, 6.45) is 6.98. The molecule has 6 heteroatoms. The molecule has 98 valence electrons. The third-order valence-electron chi connectivity index (χ3n) is 3.56. The second-order valence-electron chi connectivity index (χ2n) is 5.30. The van der Waals surface area contributed by atoms with E-state index in [9.17, 15) is 0 Å². The molecular formula is C12H18BrN5. The third-order valence-corrected chi connectivity index (χ3v) is 4.29. The Labute approximate surface area is 115 Å². The Balaban J connectivity index is 1.82. The maximum absolute atomic E-state index is 5.46. The van der Waals surface area contributed by atoms with Crippen molar-refractivity contribution >= 4 is 27.6 Å². The molecule has 1 aromatic heterocycles. The average molecular weight is 312 g/mol. The topological polar surface area (TPSA) is 67.1 Å². The van der Waals surface area contributed by atoms with Crippen LogP contribution in [0.1, 0.15) is 25.7 Å². The summed E-state index contributed by atoms with van der Waals surface area (Å²) in [6, 6.07) is 0. The van der Waals surface area contributed by atoms with Crippen LogP contribution in [0, 0.1) is 11.8 Å². The number of hydrazine groups is 1. The molecule has 0 atom stereocenters. The van der Waals surface area contributed by atoms with Crippen molar-refractivity contribution in [2.45, 2.75) is 25.7 Å². The van der Waals surface area contributed by atoms with E-state index in [4.69, 9.17) is 5.84 Å². The van der Waals surface area contributed by atoms with Crippen LogP contribution in [0.2, 0.25) is 0 Å². The maximum Gasteiger partial charge on any atom is 0.159 e. The number of nitrogen functional groups attached to an aromatic ring is 1. The van der Waals surface area contributed by atoms with Crippen LogP contribution in [-0.2, 0) is 0 Å². The number of aromatic nitrogens is 2. The standard InChI is InChI=1S/C12H18BrN5/c13-10-11(17-14)15-7-16-12(10)18(5-8-1-2-8)6-9-3-4-9/h7-9H,1-6,14H2,(H,15,16,17). The summed E-state index contributed by atoms with van der Waals surface area (Å²) < 4.78 is 0.869. The number of nitrogens with one attached hydrogen (secondary N) is 1. The summed E-state index contributed by atoms with van der Waals surface area (Å²) in [7, 11) is 0. The van der Waals surface area contributed by atoms with Gasteiger partial charge in [-0.1, -0.05) is 0 Å². The van der Waals surface area contributed by atoms with Gasteiger partial charge in [0.1, 0.15) is 16.6 Å². The van der Waals surface area contributed by atoms with E-state index in [-0.39, 0.29) is 0 Å². The highest BCUT2D eigenvalue weighted by atomic mass is 79.9. The molecule has 0 radical (unpaired) electrons. The smallest absolute Gasteiger partial charge is 0.159 e. The average Bonchev–Trinajstić information content (AvgIpc) is 3.24. The maximum atomic E-state index is 5.46.